The third-order valence-electron chi connectivity index (χ3n) is 5.22. The van der Waals surface area contributed by atoms with Crippen LogP contribution in [0, 0.1) is 5.92 Å². The largest absolute Gasteiger partial charge is 0.396 e. The molecule has 2 heterocycles. The highest BCUT2D eigenvalue weighted by molar-refractivity contribution is 7.89. The maximum absolute atomic E-state index is 13.4. The molecule has 2 aliphatic heterocycles. The molecule has 0 aliphatic carbocycles. The van der Waals surface area contributed by atoms with Crippen molar-refractivity contribution in [2.24, 2.45) is 5.92 Å². The number of amides is 1. The molecule has 1 aromatic rings. The molecule has 2 bridgehead atoms. The van der Waals surface area contributed by atoms with Crippen molar-refractivity contribution in [3.63, 3.8) is 0 Å². The van der Waals surface area contributed by atoms with Gasteiger partial charge in [0.05, 0.1) is 11.5 Å². The van der Waals surface area contributed by atoms with Crippen molar-refractivity contribution < 1.29 is 23.4 Å². The van der Waals surface area contributed by atoms with Gasteiger partial charge >= 0.3 is 0 Å². The van der Waals surface area contributed by atoms with Gasteiger partial charge < -0.3 is 15.1 Å². The topological polar surface area (TPSA) is 98.1 Å². The van der Waals surface area contributed by atoms with Gasteiger partial charge in [0.25, 0.3) is 0 Å². The molecule has 7 nitrogen and oxygen atoms in total. The Labute approximate surface area is 168 Å². The van der Waals surface area contributed by atoms with E-state index in [1.165, 1.54) is 27.4 Å². The Kier molecular flexibility index (Phi) is 6.34. The summed E-state index contributed by atoms with van der Waals surface area (Å²) in [7, 11) is -4.06. The van der Waals surface area contributed by atoms with Gasteiger partial charge in [0.1, 0.15) is 6.04 Å². The molecular formula is C17H22Cl2N2O5S. The minimum Gasteiger partial charge on any atom is -0.396 e. The van der Waals surface area contributed by atoms with E-state index in [1.807, 2.05) is 0 Å². The fourth-order valence-corrected chi connectivity index (χ4v) is 6.65. The lowest BCUT2D eigenvalue weighted by atomic mass is 9.91. The van der Waals surface area contributed by atoms with Crippen LogP contribution in [0.5, 0.6) is 0 Å². The van der Waals surface area contributed by atoms with E-state index in [-0.39, 0.29) is 47.2 Å². The van der Waals surface area contributed by atoms with Crippen molar-refractivity contribution in [2.45, 2.75) is 36.2 Å². The number of hydrogen-bond acceptors (Lipinski definition) is 5. The Hall–Kier alpha value is -0.900. The molecule has 2 N–H and O–H groups in total. The molecule has 0 aromatic heterocycles. The molecule has 2 fully saturated rings. The number of β-amino-alcohol motifs (C(OH)–C–C–N with tert-alkyl or cyclic N) is 1. The van der Waals surface area contributed by atoms with Crippen LogP contribution < -0.4 is 0 Å². The predicted molar refractivity (Wildman–Crippen MR) is 101 cm³/mol. The van der Waals surface area contributed by atoms with E-state index >= 15 is 0 Å². The predicted octanol–water partition coefficient (Wildman–Crippen LogP) is 1.35. The van der Waals surface area contributed by atoms with E-state index in [0.29, 0.717) is 19.3 Å². The Morgan fingerprint density at radius 2 is 1.78 bits per heavy atom. The van der Waals surface area contributed by atoms with E-state index in [4.69, 9.17) is 23.2 Å². The van der Waals surface area contributed by atoms with E-state index < -0.39 is 28.0 Å². The van der Waals surface area contributed by atoms with Crippen molar-refractivity contribution in [1.29, 1.82) is 0 Å². The van der Waals surface area contributed by atoms with Crippen LogP contribution in [-0.2, 0) is 14.8 Å². The number of aliphatic hydroxyl groups excluding tert-OH is 2. The molecule has 1 amide bonds. The molecule has 0 spiro atoms. The van der Waals surface area contributed by atoms with Crippen LogP contribution in [0.4, 0.5) is 0 Å². The van der Waals surface area contributed by atoms with Gasteiger partial charge in [-0.25, -0.2) is 8.42 Å². The molecule has 3 rings (SSSR count). The number of piperidine rings is 1. The highest BCUT2D eigenvalue weighted by atomic mass is 35.5. The Morgan fingerprint density at radius 1 is 1.11 bits per heavy atom. The van der Waals surface area contributed by atoms with E-state index in [2.05, 4.69) is 0 Å². The summed E-state index contributed by atoms with van der Waals surface area (Å²) in [4.78, 5) is 14.4. The first-order valence-electron chi connectivity index (χ1n) is 8.79. The molecule has 10 heteroatoms. The first-order chi connectivity index (χ1) is 12.8. The number of nitrogens with zero attached hydrogens (tertiary/aromatic N) is 2. The van der Waals surface area contributed by atoms with Gasteiger partial charge in [-0.05, 0) is 37.5 Å². The molecule has 3 atom stereocenters. The summed E-state index contributed by atoms with van der Waals surface area (Å²) < 4.78 is 28.1. The molecular weight excluding hydrogens is 415 g/mol. The van der Waals surface area contributed by atoms with Crippen molar-refractivity contribution in [1.82, 2.24) is 9.21 Å². The quantitative estimate of drug-likeness (QED) is 0.725. The molecule has 27 heavy (non-hydrogen) atoms. The zero-order chi connectivity index (χ0) is 19.8. The number of hydrogen-bond donors (Lipinski definition) is 2. The fraction of sp³-hybridized carbons (Fsp3) is 0.588. The molecule has 0 radical (unpaired) electrons. The number of benzene rings is 1. The first kappa shape index (κ1) is 20.8. The number of fused-ring (bicyclic) bond motifs is 2. The van der Waals surface area contributed by atoms with E-state index in [1.54, 1.807) is 0 Å². The minimum atomic E-state index is -4.06. The smallest absolute Gasteiger partial charge is 0.244 e. The SMILES string of the molecule is O=C1C2CCCC([C@@H](CO)CN1CCO)N2S(=O)(=O)c1cc(Cl)cc(Cl)c1. The van der Waals surface area contributed by atoms with Gasteiger partial charge in [-0.1, -0.05) is 23.2 Å². The summed E-state index contributed by atoms with van der Waals surface area (Å²) in [5, 5.41) is 19.5. The van der Waals surface area contributed by atoms with Crippen molar-refractivity contribution in [3.8, 4) is 0 Å². The number of carbonyl (C=O) groups is 1. The number of sulfonamides is 1. The lowest BCUT2D eigenvalue weighted by Crippen LogP contribution is -2.55. The molecule has 1 aromatic carbocycles. The average molecular weight is 437 g/mol. The Balaban J connectivity index is 2.10. The maximum atomic E-state index is 13.4. The molecule has 0 saturated carbocycles. The monoisotopic (exact) mass is 436 g/mol. The maximum Gasteiger partial charge on any atom is 0.244 e. The lowest BCUT2D eigenvalue weighted by Gasteiger charge is -2.40. The van der Waals surface area contributed by atoms with Gasteiger partial charge in [0.15, 0.2) is 0 Å². The van der Waals surface area contributed by atoms with Crippen molar-refractivity contribution in [2.75, 3.05) is 26.3 Å². The van der Waals surface area contributed by atoms with Crippen molar-refractivity contribution in [3.05, 3.63) is 28.2 Å². The second-order valence-corrected chi connectivity index (χ2v) is 9.62. The highest BCUT2D eigenvalue weighted by Crippen LogP contribution is 2.37. The van der Waals surface area contributed by atoms with Crippen molar-refractivity contribution >= 4 is 39.1 Å². The third kappa shape index (κ3) is 3.97. The van der Waals surface area contributed by atoms with Crippen LogP contribution in [0.15, 0.2) is 23.1 Å². The summed E-state index contributed by atoms with van der Waals surface area (Å²) in [6.07, 6.45) is 1.63. The van der Waals surface area contributed by atoms with Crippen LogP contribution in [0.2, 0.25) is 10.0 Å². The van der Waals surface area contributed by atoms with Gasteiger partial charge in [-0.2, -0.15) is 4.31 Å². The lowest BCUT2D eigenvalue weighted by molar-refractivity contribution is -0.135. The number of carbonyl (C=O) groups excluding carboxylic acids is 1. The van der Waals surface area contributed by atoms with E-state index in [0.717, 1.165) is 0 Å². The Morgan fingerprint density at radius 3 is 2.37 bits per heavy atom. The number of rotatable bonds is 5. The standard InChI is InChI=1S/C17H22Cl2N2O5S/c18-12-6-13(19)8-14(7-12)27(25,26)21-15-2-1-3-16(21)17(24)20(4-5-22)9-11(15)10-23/h6-8,11,15-16,22-23H,1-5,9-10H2/t11-,15?,16?/m1/s1. The van der Waals surface area contributed by atoms with Crippen LogP contribution in [0.25, 0.3) is 0 Å². The number of aliphatic hydroxyl groups is 2. The zero-order valence-electron chi connectivity index (χ0n) is 14.6. The normalized spacial score (nSPS) is 26.9. The summed E-state index contributed by atoms with van der Waals surface area (Å²) in [6, 6.07) is 2.69. The molecule has 2 unspecified atom stereocenters. The average Bonchev–Trinajstić information content (AvgIpc) is 2.68. The third-order valence-corrected chi connectivity index (χ3v) is 7.57. The van der Waals surface area contributed by atoms with Crippen LogP contribution in [0.3, 0.4) is 0 Å². The minimum absolute atomic E-state index is 0.0722. The second-order valence-electron chi connectivity index (χ2n) is 6.90. The zero-order valence-corrected chi connectivity index (χ0v) is 16.9. The molecule has 2 saturated heterocycles. The van der Waals surface area contributed by atoms with Gasteiger partial charge in [-0.3, -0.25) is 4.79 Å². The van der Waals surface area contributed by atoms with E-state index in [9.17, 15) is 23.4 Å². The Bertz CT molecular complexity index is 799. The van der Waals surface area contributed by atoms with Gasteiger partial charge in [-0.15, -0.1) is 0 Å². The van der Waals surface area contributed by atoms with Gasteiger partial charge in [0.2, 0.25) is 15.9 Å². The summed E-state index contributed by atoms with van der Waals surface area (Å²) in [6.45, 7) is -0.165. The highest BCUT2D eigenvalue weighted by Gasteiger charge is 2.49. The molecule has 2 aliphatic rings. The summed E-state index contributed by atoms with van der Waals surface area (Å²) >= 11 is 12.0. The second kappa shape index (κ2) is 8.23. The van der Waals surface area contributed by atoms with Crippen LogP contribution in [-0.4, -0.2) is 72.1 Å². The summed E-state index contributed by atoms with van der Waals surface area (Å²) in [5.41, 5.74) is 0. The van der Waals surface area contributed by atoms with Gasteiger partial charge in [0, 0.05) is 41.7 Å². The van der Waals surface area contributed by atoms with Crippen LogP contribution >= 0.6 is 23.2 Å². The summed E-state index contributed by atoms with van der Waals surface area (Å²) in [5.74, 6) is -0.781. The number of halogens is 2. The van der Waals surface area contributed by atoms with Crippen LogP contribution in [0.1, 0.15) is 19.3 Å². The fourth-order valence-electron chi connectivity index (χ4n) is 4.03. The molecule has 150 valence electrons. The first-order valence-corrected chi connectivity index (χ1v) is 11.0.